The van der Waals surface area contributed by atoms with Gasteiger partial charge in [0.2, 0.25) is 0 Å². The van der Waals surface area contributed by atoms with Crippen molar-refractivity contribution in [1.82, 2.24) is 5.32 Å². The number of ether oxygens (including phenoxy) is 1. The maximum Gasteiger partial charge on any atom is 0.307 e. The molecule has 0 saturated heterocycles. The second-order valence-corrected chi connectivity index (χ2v) is 5.88. The van der Waals surface area contributed by atoms with Crippen LogP contribution < -0.4 is 5.32 Å². The van der Waals surface area contributed by atoms with Crippen molar-refractivity contribution in [3.8, 4) is 0 Å². The van der Waals surface area contributed by atoms with Gasteiger partial charge in [-0.1, -0.05) is 26.7 Å². The first kappa shape index (κ1) is 15.5. The Morgan fingerprint density at radius 2 is 1.94 bits per heavy atom. The highest BCUT2D eigenvalue weighted by Crippen LogP contribution is 2.30. The first-order valence-electron chi connectivity index (χ1n) is 7.46. The first-order chi connectivity index (χ1) is 8.54. The van der Waals surface area contributed by atoms with Crippen molar-refractivity contribution in [1.29, 1.82) is 0 Å². The number of carbonyl (C=O) groups is 1. The van der Waals surface area contributed by atoms with E-state index in [4.69, 9.17) is 4.74 Å². The SMILES string of the molecule is CCOC(=O)CC(C)NC1CCCCC1C(C)C. The maximum absolute atomic E-state index is 11.4. The van der Waals surface area contributed by atoms with Crippen LogP contribution in [0.2, 0.25) is 0 Å². The quantitative estimate of drug-likeness (QED) is 0.741. The zero-order valence-electron chi connectivity index (χ0n) is 12.4. The molecule has 3 unspecified atom stereocenters. The Labute approximate surface area is 112 Å². The summed E-state index contributed by atoms with van der Waals surface area (Å²) in [5.41, 5.74) is 0. The number of esters is 1. The predicted molar refractivity (Wildman–Crippen MR) is 74.4 cm³/mol. The smallest absolute Gasteiger partial charge is 0.307 e. The minimum absolute atomic E-state index is 0.0885. The van der Waals surface area contributed by atoms with Gasteiger partial charge in [-0.05, 0) is 38.5 Å². The molecule has 0 spiro atoms. The molecule has 0 aliphatic heterocycles. The van der Waals surface area contributed by atoms with E-state index in [1.807, 2.05) is 6.92 Å². The van der Waals surface area contributed by atoms with Crippen molar-refractivity contribution in [2.45, 2.75) is 71.9 Å². The lowest BCUT2D eigenvalue weighted by Gasteiger charge is -2.36. The number of rotatable bonds is 6. The zero-order chi connectivity index (χ0) is 13.5. The molecule has 3 heteroatoms. The monoisotopic (exact) mass is 255 g/mol. The summed E-state index contributed by atoms with van der Waals surface area (Å²) >= 11 is 0. The molecule has 0 amide bonds. The Hall–Kier alpha value is -0.570. The van der Waals surface area contributed by atoms with Crippen LogP contribution in [0.15, 0.2) is 0 Å². The van der Waals surface area contributed by atoms with E-state index in [1.54, 1.807) is 0 Å². The van der Waals surface area contributed by atoms with E-state index in [2.05, 4.69) is 26.1 Å². The fraction of sp³-hybridized carbons (Fsp3) is 0.933. The fourth-order valence-electron chi connectivity index (χ4n) is 3.06. The van der Waals surface area contributed by atoms with Gasteiger partial charge in [-0.15, -0.1) is 0 Å². The Kier molecular flexibility index (Phi) is 6.69. The molecule has 1 fully saturated rings. The molecule has 0 radical (unpaired) electrons. The van der Waals surface area contributed by atoms with Crippen LogP contribution in [0.25, 0.3) is 0 Å². The summed E-state index contributed by atoms with van der Waals surface area (Å²) in [6, 6.07) is 0.788. The van der Waals surface area contributed by atoms with Crippen molar-refractivity contribution in [2.24, 2.45) is 11.8 Å². The van der Waals surface area contributed by atoms with Gasteiger partial charge in [0.25, 0.3) is 0 Å². The van der Waals surface area contributed by atoms with Crippen molar-refractivity contribution in [3.05, 3.63) is 0 Å². The maximum atomic E-state index is 11.4. The summed E-state index contributed by atoms with van der Waals surface area (Å²) in [6.07, 6.45) is 5.72. The van der Waals surface area contributed by atoms with E-state index in [0.717, 1.165) is 11.8 Å². The van der Waals surface area contributed by atoms with Crippen LogP contribution in [0.4, 0.5) is 0 Å². The molecular weight excluding hydrogens is 226 g/mol. The van der Waals surface area contributed by atoms with Gasteiger partial charge in [-0.25, -0.2) is 0 Å². The highest BCUT2D eigenvalue weighted by molar-refractivity contribution is 5.70. The lowest BCUT2D eigenvalue weighted by molar-refractivity contribution is -0.143. The van der Waals surface area contributed by atoms with Crippen LogP contribution in [-0.4, -0.2) is 24.7 Å². The molecule has 1 aliphatic carbocycles. The van der Waals surface area contributed by atoms with Gasteiger partial charge in [0.15, 0.2) is 0 Å². The summed E-state index contributed by atoms with van der Waals surface area (Å²) in [6.45, 7) is 9.03. The molecule has 106 valence electrons. The lowest BCUT2D eigenvalue weighted by atomic mass is 9.77. The molecule has 1 saturated carbocycles. The molecule has 1 aliphatic rings. The molecule has 0 aromatic heterocycles. The number of nitrogens with one attached hydrogen (secondary N) is 1. The first-order valence-corrected chi connectivity index (χ1v) is 7.46. The molecule has 1 rings (SSSR count). The second kappa shape index (κ2) is 7.78. The molecule has 0 aromatic carbocycles. The van der Waals surface area contributed by atoms with Gasteiger partial charge in [0, 0.05) is 12.1 Å². The average Bonchev–Trinajstić information content (AvgIpc) is 2.29. The topological polar surface area (TPSA) is 38.3 Å². The molecule has 18 heavy (non-hydrogen) atoms. The van der Waals surface area contributed by atoms with Crippen molar-refractivity contribution < 1.29 is 9.53 Å². The molecule has 0 bridgehead atoms. The van der Waals surface area contributed by atoms with Gasteiger partial charge >= 0.3 is 5.97 Å². The third kappa shape index (κ3) is 4.97. The Morgan fingerprint density at radius 3 is 2.56 bits per heavy atom. The van der Waals surface area contributed by atoms with Crippen LogP contribution >= 0.6 is 0 Å². The number of carbonyl (C=O) groups excluding carboxylic acids is 1. The van der Waals surface area contributed by atoms with Crippen LogP contribution in [-0.2, 0) is 9.53 Å². The highest BCUT2D eigenvalue weighted by atomic mass is 16.5. The van der Waals surface area contributed by atoms with Gasteiger partial charge < -0.3 is 10.1 Å². The summed E-state index contributed by atoms with van der Waals surface area (Å²) in [5, 5.41) is 3.64. The summed E-state index contributed by atoms with van der Waals surface area (Å²) in [7, 11) is 0. The Balaban J connectivity index is 2.41. The summed E-state index contributed by atoms with van der Waals surface area (Å²) in [5.74, 6) is 1.38. The van der Waals surface area contributed by atoms with E-state index < -0.39 is 0 Å². The third-order valence-corrected chi connectivity index (χ3v) is 3.95. The van der Waals surface area contributed by atoms with Crippen LogP contribution in [0.3, 0.4) is 0 Å². The van der Waals surface area contributed by atoms with E-state index in [1.165, 1.54) is 25.7 Å². The van der Waals surface area contributed by atoms with Gasteiger partial charge in [0.05, 0.1) is 13.0 Å². The van der Waals surface area contributed by atoms with Crippen LogP contribution in [0.5, 0.6) is 0 Å². The number of hydrogen-bond acceptors (Lipinski definition) is 3. The van der Waals surface area contributed by atoms with Crippen LogP contribution in [0.1, 0.15) is 59.8 Å². The van der Waals surface area contributed by atoms with Gasteiger partial charge in [-0.2, -0.15) is 0 Å². The van der Waals surface area contributed by atoms with Crippen molar-refractivity contribution in [3.63, 3.8) is 0 Å². The third-order valence-electron chi connectivity index (χ3n) is 3.95. The molecule has 3 nitrogen and oxygen atoms in total. The molecule has 1 N–H and O–H groups in total. The molecular formula is C15H29NO2. The van der Waals surface area contributed by atoms with Crippen molar-refractivity contribution >= 4 is 5.97 Å². The standard InChI is InChI=1S/C15H29NO2/c1-5-18-15(17)10-12(4)16-14-9-7-6-8-13(14)11(2)3/h11-14,16H,5-10H2,1-4H3. The van der Waals surface area contributed by atoms with E-state index in [0.29, 0.717) is 19.1 Å². The lowest BCUT2D eigenvalue weighted by Crippen LogP contribution is -2.45. The van der Waals surface area contributed by atoms with E-state index in [9.17, 15) is 4.79 Å². The molecule has 3 atom stereocenters. The fourth-order valence-corrected chi connectivity index (χ4v) is 3.06. The summed E-state index contributed by atoms with van der Waals surface area (Å²) in [4.78, 5) is 11.4. The Morgan fingerprint density at radius 1 is 1.28 bits per heavy atom. The number of hydrogen-bond donors (Lipinski definition) is 1. The largest absolute Gasteiger partial charge is 0.466 e. The Bertz CT molecular complexity index is 253. The van der Waals surface area contributed by atoms with Gasteiger partial charge in [-0.3, -0.25) is 4.79 Å². The minimum Gasteiger partial charge on any atom is -0.466 e. The van der Waals surface area contributed by atoms with Gasteiger partial charge in [0.1, 0.15) is 0 Å². The minimum atomic E-state index is -0.0885. The van der Waals surface area contributed by atoms with E-state index >= 15 is 0 Å². The van der Waals surface area contributed by atoms with E-state index in [-0.39, 0.29) is 12.0 Å². The van der Waals surface area contributed by atoms with Crippen LogP contribution in [0, 0.1) is 11.8 Å². The molecule has 0 aromatic rings. The highest BCUT2D eigenvalue weighted by Gasteiger charge is 2.28. The normalized spacial score (nSPS) is 26.1. The average molecular weight is 255 g/mol. The second-order valence-electron chi connectivity index (χ2n) is 5.88. The predicted octanol–water partition coefficient (Wildman–Crippen LogP) is 3.13. The van der Waals surface area contributed by atoms with Crippen molar-refractivity contribution in [2.75, 3.05) is 6.61 Å². The molecule has 0 heterocycles. The summed E-state index contributed by atoms with van der Waals surface area (Å²) < 4.78 is 5.00. The zero-order valence-corrected chi connectivity index (χ0v) is 12.4.